The molecule has 0 bridgehead atoms. The molecule has 0 aliphatic carbocycles. The molecule has 0 saturated heterocycles. The zero-order valence-electron chi connectivity index (χ0n) is 13.2. The number of ether oxygens (including phenoxy) is 1. The number of aromatic nitrogens is 3. The summed E-state index contributed by atoms with van der Waals surface area (Å²) in [5, 5.41) is 7.09. The number of fused-ring (bicyclic) bond motifs is 3. The molecular weight excluding hydrogens is 308 g/mol. The van der Waals surface area contributed by atoms with E-state index >= 15 is 0 Å². The molecule has 0 radical (unpaired) electrons. The lowest BCUT2D eigenvalue weighted by atomic mass is 10.1. The Morgan fingerprint density at radius 1 is 1.29 bits per heavy atom. The van der Waals surface area contributed by atoms with Crippen molar-refractivity contribution in [1.82, 2.24) is 20.1 Å². The average Bonchev–Trinajstić information content (AvgIpc) is 3.11. The van der Waals surface area contributed by atoms with Crippen LogP contribution in [0.25, 0.3) is 11.0 Å². The van der Waals surface area contributed by atoms with Gasteiger partial charge in [0, 0.05) is 6.20 Å². The third-order valence-corrected chi connectivity index (χ3v) is 3.57. The Morgan fingerprint density at radius 2 is 2.08 bits per heavy atom. The van der Waals surface area contributed by atoms with Crippen LogP contribution in [0.3, 0.4) is 0 Å². The second kappa shape index (κ2) is 6.11. The van der Waals surface area contributed by atoms with Gasteiger partial charge in [-0.25, -0.2) is 4.98 Å². The van der Waals surface area contributed by atoms with Gasteiger partial charge in [0.25, 0.3) is 11.8 Å². The minimum Gasteiger partial charge on any atom is -0.492 e. The minimum atomic E-state index is -0.378. The molecule has 2 aromatic heterocycles. The Hall–Kier alpha value is -3.22. The van der Waals surface area contributed by atoms with Gasteiger partial charge in [-0.2, -0.15) is 5.10 Å². The lowest BCUT2D eigenvalue weighted by Gasteiger charge is -2.14. The lowest BCUT2D eigenvalue weighted by Crippen LogP contribution is -2.32. The number of pyridine rings is 1. The van der Waals surface area contributed by atoms with Crippen LogP contribution in [-0.2, 0) is 4.74 Å². The fourth-order valence-electron chi connectivity index (χ4n) is 2.42. The van der Waals surface area contributed by atoms with Crippen molar-refractivity contribution in [3.8, 4) is 0 Å². The minimum absolute atomic E-state index is 0.131. The molecule has 2 amide bonds. The van der Waals surface area contributed by atoms with E-state index in [1.807, 2.05) is 6.92 Å². The van der Waals surface area contributed by atoms with Crippen molar-refractivity contribution in [2.24, 2.45) is 0 Å². The molecule has 0 spiro atoms. The van der Waals surface area contributed by atoms with Gasteiger partial charge in [0.15, 0.2) is 5.65 Å². The maximum Gasteiger partial charge on any atom is 0.263 e. The first-order valence-corrected chi connectivity index (χ1v) is 7.32. The third kappa shape index (κ3) is 2.71. The van der Waals surface area contributed by atoms with Crippen LogP contribution in [0.2, 0.25) is 0 Å². The van der Waals surface area contributed by atoms with E-state index in [-0.39, 0.29) is 30.5 Å². The van der Waals surface area contributed by atoms with Crippen LogP contribution < -0.4 is 0 Å². The number of nitrogens with one attached hydrogen (secondary N) is 1. The van der Waals surface area contributed by atoms with Crippen molar-refractivity contribution in [3.05, 3.63) is 60.2 Å². The number of allylic oxidation sites excluding steroid dienone is 3. The maximum atomic E-state index is 12.5. The molecule has 7 heteroatoms. The molecule has 1 N–H and O–H groups in total. The molecule has 7 nitrogen and oxygen atoms in total. The number of hydrogen-bond donors (Lipinski definition) is 1. The predicted molar refractivity (Wildman–Crippen MR) is 88.3 cm³/mol. The number of carbonyl (C=O) groups excluding carboxylic acids is 2. The van der Waals surface area contributed by atoms with Crippen LogP contribution in [0, 0.1) is 0 Å². The van der Waals surface area contributed by atoms with E-state index in [9.17, 15) is 9.59 Å². The van der Waals surface area contributed by atoms with Crippen molar-refractivity contribution in [2.75, 3.05) is 13.2 Å². The fourth-order valence-corrected chi connectivity index (χ4v) is 2.42. The molecule has 0 unspecified atom stereocenters. The number of nitrogens with zero attached hydrogens (tertiary/aromatic N) is 3. The van der Waals surface area contributed by atoms with E-state index in [4.69, 9.17) is 4.74 Å². The first-order chi connectivity index (χ1) is 11.5. The van der Waals surface area contributed by atoms with Gasteiger partial charge in [0.1, 0.15) is 12.4 Å². The summed E-state index contributed by atoms with van der Waals surface area (Å²) in [5.74, 6) is -0.304. The zero-order valence-corrected chi connectivity index (χ0v) is 13.2. The SMILES string of the molecule is C=C(C)/C=C\C(=C)OCCN1C(=O)c2cnc3[nH]ncc3c2C1=O. The van der Waals surface area contributed by atoms with Crippen LogP contribution >= 0.6 is 0 Å². The average molecular weight is 324 g/mol. The van der Waals surface area contributed by atoms with Gasteiger partial charge in [0.05, 0.1) is 29.3 Å². The van der Waals surface area contributed by atoms with Crippen molar-refractivity contribution >= 4 is 22.8 Å². The number of rotatable bonds is 6. The summed E-state index contributed by atoms with van der Waals surface area (Å²) < 4.78 is 5.42. The van der Waals surface area contributed by atoms with Gasteiger partial charge in [-0.05, 0) is 13.0 Å². The summed E-state index contributed by atoms with van der Waals surface area (Å²) in [5.41, 5.74) is 1.97. The summed E-state index contributed by atoms with van der Waals surface area (Å²) in [7, 11) is 0. The monoisotopic (exact) mass is 324 g/mol. The molecule has 2 aromatic rings. The maximum absolute atomic E-state index is 12.5. The second-order valence-corrected chi connectivity index (χ2v) is 5.44. The van der Waals surface area contributed by atoms with Gasteiger partial charge in [-0.15, -0.1) is 0 Å². The number of aromatic amines is 1. The summed E-state index contributed by atoms with van der Waals surface area (Å²) in [6.45, 7) is 9.62. The van der Waals surface area contributed by atoms with Crippen LogP contribution in [-0.4, -0.2) is 45.0 Å². The number of imide groups is 1. The van der Waals surface area contributed by atoms with E-state index in [2.05, 4.69) is 28.3 Å². The Kier molecular flexibility index (Phi) is 3.99. The summed E-state index contributed by atoms with van der Waals surface area (Å²) in [6.07, 6.45) is 6.34. The quantitative estimate of drug-likeness (QED) is 0.500. The molecule has 122 valence electrons. The van der Waals surface area contributed by atoms with Crippen LogP contribution in [0.1, 0.15) is 27.6 Å². The Labute approximate surface area is 138 Å². The van der Waals surface area contributed by atoms with Crippen molar-refractivity contribution in [2.45, 2.75) is 6.92 Å². The van der Waals surface area contributed by atoms with E-state index in [1.165, 1.54) is 12.4 Å². The van der Waals surface area contributed by atoms with E-state index in [1.54, 1.807) is 12.2 Å². The van der Waals surface area contributed by atoms with Gasteiger partial charge in [-0.3, -0.25) is 19.6 Å². The molecule has 1 aliphatic rings. The highest BCUT2D eigenvalue weighted by atomic mass is 16.5. The highest BCUT2D eigenvalue weighted by Crippen LogP contribution is 2.27. The lowest BCUT2D eigenvalue weighted by molar-refractivity contribution is 0.0613. The Bertz CT molecular complexity index is 894. The molecule has 0 saturated carbocycles. The Morgan fingerprint density at radius 3 is 2.83 bits per heavy atom. The van der Waals surface area contributed by atoms with Crippen LogP contribution in [0.4, 0.5) is 0 Å². The third-order valence-electron chi connectivity index (χ3n) is 3.57. The topological polar surface area (TPSA) is 88.2 Å². The van der Waals surface area contributed by atoms with Crippen molar-refractivity contribution < 1.29 is 14.3 Å². The summed E-state index contributed by atoms with van der Waals surface area (Å²) >= 11 is 0. The van der Waals surface area contributed by atoms with Crippen molar-refractivity contribution in [1.29, 1.82) is 0 Å². The molecule has 3 heterocycles. The van der Waals surface area contributed by atoms with Gasteiger partial charge >= 0.3 is 0 Å². The van der Waals surface area contributed by atoms with E-state index in [0.29, 0.717) is 22.4 Å². The first kappa shape index (κ1) is 15.7. The fraction of sp³-hybridized carbons (Fsp3) is 0.176. The van der Waals surface area contributed by atoms with E-state index in [0.717, 1.165) is 10.5 Å². The molecule has 3 rings (SSSR count). The van der Waals surface area contributed by atoms with Gasteiger partial charge < -0.3 is 4.74 Å². The molecule has 24 heavy (non-hydrogen) atoms. The molecule has 0 fully saturated rings. The standard InChI is InChI=1S/C17H16N4O3/c1-10(2)4-5-11(3)24-7-6-21-16(22)13-8-18-15-12(9-19-20-15)14(13)17(21)23/h4-5,8-9H,1,3,6-7H2,2H3,(H,18,19,20)/b5-4-. The summed E-state index contributed by atoms with van der Waals surface area (Å²) in [4.78, 5) is 30.2. The van der Waals surface area contributed by atoms with Gasteiger partial charge in [0.2, 0.25) is 0 Å². The predicted octanol–water partition coefficient (Wildman–Crippen LogP) is 2.22. The normalized spacial score (nSPS) is 13.8. The number of H-pyrrole nitrogens is 1. The number of amides is 2. The van der Waals surface area contributed by atoms with Crippen molar-refractivity contribution in [3.63, 3.8) is 0 Å². The van der Waals surface area contributed by atoms with Crippen LogP contribution in [0.5, 0.6) is 0 Å². The number of hydrogen-bond acceptors (Lipinski definition) is 5. The number of carbonyl (C=O) groups is 2. The van der Waals surface area contributed by atoms with Crippen LogP contribution in [0.15, 0.2) is 49.0 Å². The second-order valence-electron chi connectivity index (χ2n) is 5.44. The van der Waals surface area contributed by atoms with Gasteiger partial charge in [-0.1, -0.05) is 24.8 Å². The molecule has 0 aromatic carbocycles. The highest BCUT2D eigenvalue weighted by molar-refractivity contribution is 6.25. The summed E-state index contributed by atoms with van der Waals surface area (Å²) in [6, 6.07) is 0. The largest absolute Gasteiger partial charge is 0.492 e. The first-order valence-electron chi connectivity index (χ1n) is 7.32. The Balaban J connectivity index is 1.70. The zero-order chi connectivity index (χ0) is 17.3. The smallest absolute Gasteiger partial charge is 0.263 e. The molecule has 1 aliphatic heterocycles. The molecule has 0 atom stereocenters. The highest BCUT2D eigenvalue weighted by Gasteiger charge is 2.37. The molecular formula is C17H16N4O3. The van der Waals surface area contributed by atoms with E-state index < -0.39 is 0 Å².